The summed E-state index contributed by atoms with van der Waals surface area (Å²) in [6.45, 7) is 4.35. The van der Waals surface area contributed by atoms with E-state index in [1.165, 1.54) is 12.8 Å². The van der Waals surface area contributed by atoms with Crippen molar-refractivity contribution >= 4 is 24.2 Å². The van der Waals surface area contributed by atoms with Gasteiger partial charge in [0.2, 0.25) is 11.8 Å². The molecule has 2 fully saturated rings. The molecule has 3 rings (SSSR count). The minimum atomic E-state index is -0.384. The molecule has 2 N–H and O–H groups in total. The molecule has 1 saturated carbocycles. The molecule has 2 aliphatic rings. The number of hydrogen-bond donors (Lipinski definition) is 2. The minimum absolute atomic E-state index is 0. The van der Waals surface area contributed by atoms with Gasteiger partial charge in [0.1, 0.15) is 0 Å². The Morgan fingerprint density at radius 3 is 2.71 bits per heavy atom. The van der Waals surface area contributed by atoms with Crippen molar-refractivity contribution in [3.8, 4) is 0 Å². The van der Waals surface area contributed by atoms with Gasteiger partial charge < -0.3 is 15.5 Å². The van der Waals surface area contributed by atoms with Gasteiger partial charge in [-0.05, 0) is 31.2 Å². The third kappa shape index (κ3) is 4.95. The molecule has 0 bridgehead atoms. The van der Waals surface area contributed by atoms with Crippen LogP contribution in [0.2, 0.25) is 0 Å². The average molecular weight is 352 g/mol. The molecule has 132 valence electrons. The number of nitrogens with one attached hydrogen (secondary N) is 2. The lowest BCUT2D eigenvalue weighted by Crippen LogP contribution is -2.56. The van der Waals surface area contributed by atoms with Crippen LogP contribution in [0.5, 0.6) is 0 Å². The molecule has 2 amide bonds. The van der Waals surface area contributed by atoms with E-state index in [2.05, 4.69) is 10.6 Å². The topological polar surface area (TPSA) is 61.4 Å². The van der Waals surface area contributed by atoms with Gasteiger partial charge in [0.05, 0.1) is 18.5 Å². The summed E-state index contributed by atoms with van der Waals surface area (Å²) in [5.41, 5.74) is 1.07. The van der Waals surface area contributed by atoms with E-state index < -0.39 is 0 Å². The molecule has 6 heteroatoms. The van der Waals surface area contributed by atoms with Crippen molar-refractivity contribution in [1.82, 2.24) is 15.5 Å². The van der Waals surface area contributed by atoms with Crippen LogP contribution >= 0.6 is 12.4 Å². The Labute approximate surface area is 149 Å². The van der Waals surface area contributed by atoms with Crippen LogP contribution in [0.15, 0.2) is 30.3 Å². The predicted octanol–water partition coefficient (Wildman–Crippen LogP) is 1.89. The molecule has 2 unspecified atom stereocenters. The monoisotopic (exact) mass is 351 g/mol. The zero-order valence-electron chi connectivity index (χ0n) is 14.0. The van der Waals surface area contributed by atoms with Crippen molar-refractivity contribution in [3.63, 3.8) is 0 Å². The van der Waals surface area contributed by atoms with Gasteiger partial charge in [-0.25, -0.2) is 0 Å². The standard InChI is InChI=1S/C18H25N3O2.ClH/c1-13(15-5-3-2-4-6-15)20-17(22)11-16-18(23)21(10-9-19-16)12-14-7-8-14;/h2-6,13-14,16,19H,7-12H2,1H3,(H,20,22);1H. The molecule has 24 heavy (non-hydrogen) atoms. The number of carbonyl (C=O) groups excluding carboxylic acids is 2. The van der Waals surface area contributed by atoms with Gasteiger partial charge in [-0.3, -0.25) is 9.59 Å². The molecule has 1 aliphatic carbocycles. The summed E-state index contributed by atoms with van der Waals surface area (Å²) in [7, 11) is 0. The summed E-state index contributed by atoms with van der Waals surface area (Å²) >= 11 is 0. The molecule has 1 aromatic rings. The summed E-state index contributed by atoms with van der Waals surface area (Å²) in [5, 5.41) is 6.17. The van der Waals surface area contributed by atoms with Crippen molar-refractivity contribution in [2.45, 2.75) is 38.3 Å². The Balaban J connectivity index is 0.00000208. The van der Waals surface area contributed by atoms with Crippen LogP contribution < -0.4 is 10.6 Å². The molecule has 2 atom stereocenters. The second-order valence-electron chi connectivity index (χ2n) is 6.64. The van der Waals surface area contributed by atoms with Crippen LogP contribution in [0.25, 0.3) is 0 Å². The fraction of sp³-hybridized carbons (Fsp3) is 0.556. The van der Waals surface area contributed by atoms with Crippen LogP contribution in [0.3, 0.4) is 0 Å². The Kier molecular flexibility index (Phi) is 6.63. The van der Waals surface area contributed by atoms with Crippen LogP contribution in [-0.4, -0.2) is 42.4 Å². The van der Waals surface area contributed by atoms with Crippen LogP contribution in [0.1, 0.15) is 37.8 Å². The normalized spacial score (nSPS) is 21.8. The third-order valence-corrected chi connectivity index (χ3v) is 4.62. The molecule has 0 radical (unpaired) electrons. The fourth-order valence-corrected chi connectivity index (χ4v) is 3.06. The van der Waals surface area contributed by atoms with E-state index in [4.69, 9.17) is 0 Å². The summed E-state index contributed by atoms with van der Waals surface area (Å²) in [6, 6.07) is 9.42. The van der Waals surface area contributed by atoms with Gasteiger partial charge in [0.15, 0.2) is 0 Å². The number of hydrogen-bond acceptors (Lipinski definition) is 3. The first kappa shape index (κ1) is 18.7. The van der Waals surface area contributed by atoms with Crippen molar-refractivity contribution in [2.24, 2.45) is 5.92 Å². The molecule has 0 aromatic heterocycles. The molecule has 1 saturated heterocycles. The van der Waals surface area contributed by atoms with E-state index in [1.807, 2.05) is 42.2 Å². The third-order valence-electron chi connectivity index (χ3n) is 4.62. The number of benzene rings is 1. The zero-order chi connectivity index (χ0) is 16.2. The van der Waals surface area contributed by atoms with Gasteiger partial charge in [-0.1, -0.05) is 30.3 Å². The molecule has 1 heterocycles. The van der Waals surface area contributed by atoms with Gasteiger partial charge >= 0.3 is 0 Å². The van der Waals surface area contributed by atoms with E-state index >= 15 is 0 Å². The van der Waals surface area contributed by atoms with E-state index in [-0.39, 0.29) is 42.7 Å². The number of halogens is 1. The number of nitrogens with zero attached hydrogens (tertiary/aromatic N) is 1. The van der Waals surface area contributed by atoms with E-state index in [9.17, 15) is 9.59 Å². The molecular weight excluding hydrogens is 326 g/mol. The lowest BCUT2D eigenvalue weighted by Gasteiger charge is -2.33. The number of carbonyl (C=O) groups is 2. The maximum Gasteiger partial charge on any atom is 0.240 e. The second-order valence-corrected chi connectivity index (χ2v) is 6.64. The minimum Gasteiger partial charge on any atom is -0.350 e. The maximum absolute atomic E-state index is 12.5. The van der Waals surface area contributed by atoms with E-state index in [0.29, 0.717) is 5.92 Å². The molecule has 1 aliphatic heterocycles. The highest BCUT2D eigenvalue weighted by atomic mass is 35.5. The summed E-state index contributed by atoms with van der Waals surface area (Å²) in [5.74, 6) is 0.677. The second kappa shape index (κ2) is 8.49. The Morgan fingerprint density at radius 1 is 1.33 bits per heavy atom. The SMILES string of the molecule is CC(NC(=O)CC1NCCN(CC2CC2)C1=O)c1ccccc1.Cl. The fourth-order valence-electron chi connectivity index (χ4n) is 3.06. The largest absolute Gasteiger partial charge is 0.350 e. The van der Waals surface area contributed by atoms with Crippen LogP contribution in [-0.2, 0) is 9.59 Å². The lowest BCUT2D eigenvalue weighted by atomic mass is 10.1. The Bertz CT molecular complexity index is 563. The summed E-state index contributed by atoms with van der Waals surface area (Å²) < 4.78 is 0. The summed E-state index contributed by atoms with van der Waals surface area (Å²) in [4.78, 5) is 26.6. The zero-order valence-corrected chi connectivity index (χ0v) is 14.8. The smallest absolute Gasteiger partial charge is 0.240 e. The number of amides is 2. The molecule has 0 spiro atoms. The highest BCUT2D eigenvalue weighted by Crippen LogP contribution is 2.30. The maximum atomic E-state index is 12.5. The number of piperazine rings is 1. The average Bonchev–Trinajstić information content (AvgIpc) is 3.36. The molecule has 5 nitrogen and oxygen atoms in total. The van der Waals surface area contributed by atoms with Crippen molar-refractivity contribution < 1.29 is 9.59 Å². The quantitative estimate of drug-likeness (QED) is 0.822. The van der Waals surface area contributed by atoms with E-state index in [1.54, 1.807) is 0 Å². The summed E-state index contributed by atoms with van der Waals surface area (Å²) in [6.07, 6.45) is 2.67. The highest BCUT2D eigenvalue weighted by molar-refractivity contribution is 5.89. The van der Waals surface area contributed by atoms with Gasteiger partial charge in [0, 0.05) is 19.6 Å². The molecular formula is C18H26ClN3O2. The van der Waals surface area contributed by atoms with Crippen molar-refractivity contribution in [3.05, 3.63) is 35.9 Å². The van der Waals surface area contributed by atoms with Crippen molar-refractivity contribution in [1.29, 1.82) is 0 Å². The predicted molar refractivity (Wildman–Crippen MR) is 96.0 cm³/mol. The van der Waals surface area contributed by atoms with Gasteiger partial charge in [0.25, 0.3) is 0 Å². The lowest BCUT2D eigenvalue weighted by molar-refractivity contribution is -0.138. The van der Waals surface area contributed by atoms with Crippen molar-refractivity contribution in [2.75, 3.05) is 19.6 Å². The van der Waals surface area contributed by atoms with Gasteiger partial charge in [-0.15, -0.1) is 12.4 Å². The Hall–Kier alpha value is -1.59. The first-order valence-electron chi connectivity index (χ1n) is 8.50. The van der Waals surface area contributed by atoms with Gasteiger partial charge in [-0.2, -0.15) is 0 Å². The number of rotatable bonds is 6. The molecule has 1 aromatic carbocycles. The first-order valence-corrected chi connectivity index (χ1v) is 8.50. The van der Waals surface area contributed by atoms with Crippen LogP contribution in [0.4, 0.5) is 0 Å². The first-order chi connectivity index (χ1) is 11.1. The highest BCUT2D eigenvalue weighted by Gasteiger charge is 2.33. The Morgan fingerprint density at radius 2 is 2.04 bits per heavy atom. The van der Waals surface area contributed by atoms with Crippen LogP contribution in [0, 0.1) is 5.92 Å². The van der Waals surface area contributed by atoms with E-state index in [0.717, 1.165) is 25.2 Å².